The van der Waals surface area contributed by atoms with E-state index in [0.717, 1.165) is 15.8 Å². The number of hydrogen-bond donors (Lipinski definition) is 3. The second-order valence-corrected chi connectivity index (χ2v) is 8.16. The maximum atomic E-state index is 13.9. The minimum absolute atomic E-state index is 0.283. The van der Waals surface area contributed by atoms with Crippen molar-refractivity contribution in [3.8, 4) is 6.07 Å². The van der Waals surface area contributed by atoms with Gasteiger partial charge < -0.3 is 15.1 Å². The Balaban J connectivity index is 0.000000364. The lowest BCUT2D eigenvalue weighted by Gasteiger charge is -2.05. The fourth-order valence-electron chi connectivity index (χ4n) is 3.41. The number of alkyl halides is 3. The number of benzene rings is 3. The van der Waals surface area contributed by atoms with Crippen molar-refractivity contribution in [2.24, 2.45) is 0 Å². The van der Waals surface area contributed by atoms with Gasteiger partial charge >= 0.3 is 12.1 Å². The van der Waals surface area contributed by atoms with Crippen LogP contribution in [0.1, 0.15) is 5.56 Å². The zero-order valence-electron chi connectivity index (χ0n) is 17.3. The van der Waals surface area contributed by atoms with Gasteiger partial charge in [-0.1, -0.05) is 17.8 Å². The number of nitrogens with zero attached hydrogens (tertiary/aromatic N) is 2. The number of imidazole rings is 1. The highest BCUT2D eigenvalue weighted by molar-refractivity contribution is 7.99. The van der Waals surface area contributed by atoms with Gasteiger partial charge in [-0.15, -0.1) is 0 Å². The van der Waals surface area contributed by atoms with Crippen LogP contribution in [0.25, 0.3) is 32.6 Å². The summed E-state index contributed by atoms with van der Waals surface area (Å²) in [5.41, 5.74) is 1.68. The smallest absolute Gasteiger partial charge is 0.475 e. The SMILES string of the molecule is N#Cc1cccc(Sc2nc3c4cc[nH]c(=O)c4c4cc(F)ccc4c3[nH]2)c1.O=C(O)C(F)(F)F. The van der Waals surface area contributed by atoms with Gasteiger partial charge in [0.2, 0.25) is 0 Å². The van der Waals surface area contributed by atoms with Crippen molar-refractivity contribution in [1.82, 2.24) is 15.0 Å². The molecule has 0 aliphatic heterocycles. The van der Waals surface area contributed by atoms with Crippen molar-refractivity contribution in [3.05, 3.63) is 76.5 Å². The highest BCUT2D eigenvalue weighted by Crippen LogP contribution is 2.35. The first kappa shape index (κ1) is 23.8. The molecule has 0 saturated heterocycles. The average molecular weight is 500 g/mol. The molecule has 0 spiro atoms. The topological polar surface area (TPSA) is 123 Å². The van der Waals surface area contributed by atoms with E-state index in [1.807, 2.05) is 12.1 Å². The Labute approximate surface area is 197 Å². The van der Waals surface area contributed by atoms with E-state index in [4.69, 9.17) is 15.2 Å². The number of fused-ring (bicyclic) bond motifs is 6. The summed E-state index contributed by atoms with van der Waals surface area (Å²) in [6.45, 7) is 0. The number of aromatic amines is 2. The quantitative estimate of drug-likeness (QED) is 0.222. The minimum atomic E-state index is -5.08. The number of aliphatic carboxylic acids is 1. The second kappa shape index (κ2) is 9.11. The number of hydrogen-bond acceptors (Lipinski definition) is 5. The van der Waals surface area contributed by atoms with Crippen LogP contribution in [-0.2, 0) is 4.79 Å². The van der Waals surface area contributed by atoms with Crippen LogP contribution in [0.2, 0.25) is 0 Å². The van der Waals surface area contributed by atoms with Gasteiger partial charge in [0.1, 0.15) is 5.82 Å². The molecule has 35 heavy (non-hydrogen) atoms. The van der Waals surface area contributed by atoms with Crippen LogP contribution in [0.4, 0.5) is 17.6 Å². The van der Waals surface area contributed by atoms with E-state index in [2.05, 4.69) is 21.0 Å². The van der Waals surface area contributed by atoms with Gasteiger partial charge in [-0.05, 0) is 42.5 Å². The molecule has 0 aliphatic rings. The Hall–Kier alpha value is -4.37. The molecule has 2 heterocycles. The number of carbonyl (C=O) groups is 1. The molecule has 0 bridgehead atoms. The Morgan fingerprint density at radius 3 is 2.51 bits per heavy atom. The fraction of sp³-hybridized carbons (Fsp3) is 0.0435. The summed E-state index contributed by atoms with van der Waals surface area (Å²) in [4.78, 5) is 32.9. The first-order valence-electron chi connectivity index (χ1n) is 9.69. The third kappa shape index (κ3) is 4.80. The lowest BCUT2D eigenvalue weighted by Crippen LogP contribution is -2.21. The molecule has 5 aromatic rings. The number of H-pyrrole nitrogens is 2. The van der Waals surface area contributed by atoms with E-state index in [1.54, 1.807) is 30.5 Å². The first-order chi connectivity index (χ1) is 16.6. The average Bonchev–Trinajstić information content (AvgIpc) is 3.23. The fourth-order valence-corrected chi connectivity index (χ4v) is 4.26. The maximum Gasteiger partial charge on any atom is 0.490 e. The molecule has 0 atom stereocenters. The number of pyridine rings is 1. The molecule has 0 fully saturated rings. The van der Waals surface area contributed by atoms with Crippen LogP contribution >= 0.6 is 11.8 Å². The molecule has 3 aromatic carbocycles. The summed E-state index contributed by atoms with van der Waals surface area (Å²) < 4.78 is 45.6. The summed E-state index contributed by atoms with van der Waals surface area (Å²) in [6.07, 6.45) is -3.52. The molecule has 2 aromatic heterocycles. The van der Waals surface area contributed by atoms with Crippen LogP contribution in [0.3, 0.4) is 0 Å². The van der Waals surface area contributed by atoms with Gasteiger partial charge in [-0.3, -0.25) is 4.79 Å². The second-order valence-electron chi connectivity index (χ2n) is 7.10. The van der Waals surface area contributed by atoms with Gasteiger partial charge in [0, 0.05) is 27.3 Å². The Morgan fingerprint density at radius 2 is 1.83 bits per heavy atom. The van der Waals surface area contributed by atoms with Crippen molar-refractivity contribution in [3.63, 3.8) is 0 Å². The first-order valence-corrected chi connectivity index (χ1v) is 10.5. The van der Waals surface area contributed by atoms with Crippen molar-refractivity contribution in [2.75, 3.05) is 0 Å². The van der Waals surface area contributed by atoms with E-state index in [0.29, 0.717) is 32.4 Å². The lowest BCUT2D eigenvalue weighted by molar-refractivity contribution is -0.192. The standard InChI is InChI=1S/C21H11FN4OS.C2HF3O2/c22-12-4-5-14-16(9-12)17-15(6-7-24-20(17)27)19-18(14)25-21(26-19)28-13-3-1-2-11(8-13)10-23;3-2(4,5)1(6)7/h1-9H,(H,24,27)(H,25,26);(H,6,7). The molecule has 0 radical (unpaired) electrons. The highest BCUT2D eigenvalue weighted by atomic mass is 32.2. The highest BCUT2D eigenvalue weighted by Gasteiger charge is 2.38. The van der Waals surface area contributed by atoms with E-state index < -0.39 is 18.0 Å². The monoisotopic (exact) mass is 500 g/mol. The maximum absolute atomic E-state index is 13.9. The predicted molar refractivity (Wildman–Crippen MR) is 121 cm³/mol. The van der Waals surface area contributed by atoms with Crippen LogP contribution in [0.5, 0.6) is 0 Å². The van der Waals surface area contributed by atoms with Crippen molar-refractivity contribution in [2.45, 2.75) is 16.2 Å². The largest absolute Gasteiger partial charge is 0.490 e. The molecule has 12 heteroatoms. The molecule has 7 nitrogen and oxygen atoms in total. The number of carboxylic acid groups (broad SMARTS) is 1. The van der Waals surface area contributed by atoms with Crippen molar-refractivity contribution < 1.29 is 27.5 Å². The van der Waals surface area contributed by atoms with Crippen molar-refractivity contribution in [1.29, 1.82) is 5.26 Å². The Kier molecular flexibility index (Phi) is 6.19. The molecule has 0 unspecified atom stereocenters. The molecule has 3 N–H and O–H groups in total. The Bertz CT molecular complexity index is 1700. The number of carboxylic acids is 1. The summed E-state index contributed by atoms with van der Waals surface area (Å²) in [7, 11) is 0. The summed E-state index contributed by atoms with van der Waals surface area (Å²) in [6, 6.07) is 15.5. The number of aromatic nitrogens is 3. The summed E-state index contributed by atoms with van der Waals surface area (Å²) in [5, 5.41) is 19.2. The third-order valence-electron chi connectivity index (χ3n) is 4.84. The van der Waals surface area contributed by atoms with E-state index in [1.165, 1.54) is 23.9 Å². The van der Waals surface area contributed by atoms with E-state index in [9.17, 15) is 22.4 Å². The Morgan fingerprint density at radius 1 is 1.09 bits per heavy atom. The van der Waals surface area contributed by atoms with Gasteiger partial charge in [0.25, 0.3) is 5.56 Å². The van der Waals surface area contributed by atoms with Crippen LogP contribution in [-0.4, -0.2) is 32.2 Å². The van der Waals surface area contributed by atoms with Crippen LogP contribution < -0.4 is 5.56 Å². The number of halogens is 4. The minimum Gasteiger partial charge on any atom is -0.475 e. The zero-order chi connectivity index (χ0) is 25.3. The summed E-state index contributed by atoms with van der Waals surface area (Å²) >= 11 is 1.39. The molecule has 0 aliphatic carbocycles. The molecule has 0 amide bonds. The van der Waals surface area contributed by atoms with Gasteiger partial charge in [-0.2, -0.15) is 18.4 Å². The number of nitriles is 1. The molecular formula is C23H12F4N4O3S. The van der Waals surface area contributed by atoms with Gasteiger partial charge in [0.15, 0.2) is 5.16 Å². The lowest BCUT2D eigenvalue weighted by atomic mass is 10.0. The summed E-state index contributed by atoms with van der Waals surface area (Å²) in [5.74, 6) is -3.16. The van der Waals surface area contributed by atoms with Crippen LogP contribution in [0.15, 0.2) is 69.6 Å². The van der Waals surface area contributed by atoms with Crippen LogP contribution in [0, 0.1) is 17.1 Å². The van der Waals surface area contributed by atoms with Gasteiger partial charge in [0.05, 0.1) is 28.1 Å². The molecule has 5 rings (SSSR count). The van der Waals surface area contributed by atoms with Gasteiger partial charge in [-0.25, -0.2) is 14.2 Å². The molecule has 176 valence electrons. The number of rotatable bonds is 2. The third-order valence-corrected chi connectivity index (χ3v) is 5.71. The normalized spacial score (nSPS) is 11.3. The van der Waals surface area contributed by atoms with E-state index in [-0.39, 0.29) is 5.56 Å². The van der Waals surface area contributed by atoms with Crippen molar-refractivity contribution >= 4 is 50.3 Å². The molecular weight excluding hydrogens is 488 g/mol. The predicted octanol–water partition coefficient (Wildman–Crippen LogP) is 5.35. The molecule has 0 saturated carbocycles. The zero-order valence-corrected chi connectivity index (χ0v) is 18.1. The van der Waals surface area contributed by atoms with E-state index >= 15 is 0 Å². The number of nitrogens with one attached hydrogen (secondary N) is 2.